The zero-order chi connectivity index (χ0) is 12.6. The average molecular weight is 268 g/mol. The van der Waals surface area contributed by atoms with Gasteiger partial charge in [-0.15, -0.1) is 0 Å². The summed E-state index contributed by atoms with van der Waals surface area (Å²) in [6, 6.07) is 0. The smallest absolute Gasteiger partial charge is 0.376 e. The van der Waals surface area contributed by atoms with E-state index in [9.17, 15) is 0 Å². The van der Waals surface area contributed by atoms with E-state index in [0.29, 0.717) is 19.8 Å². The maximum atomic E-state index is 5.22. The molecule has 0 aliphatic rings. The molecule has 3 nitrogen and oxygen atoms in total. The Kier molecular flexibility index (Phi) is 21.0. The van der Waals surface area contributed by atoms with E-state index >= 15 is 0 Å². The predicted octanol–water partition coefficient (Wildman–Crippen LogP) is 2.92. The highest BCUT2D eigenvalue weighted by Crippen LogP contribution is 1.93. The Morgan fingerprint density at radius 1 is 0.812 bits per heavy atom. The van der Waals surface area contributed by atoms with E-state index in [0.717, 1.165) is 5.75 Å². The zero-order valence-corrected chi connectivity index (χ0v) is 13.2. The van der Waals surface area contributed by atoms with Gasteiger partial charge in [-0.05, 0) is 32.9 Å². The quantitative estimate of drug-likeness (QED) is 0.396. The van der Waals surface area contributed by atoms with Crippen LogP contribution >= 0.6 is 12.6 Å². The summed E-state index contributed by atoms with van der Waals surface area (Å²) in [6.07, 6.45) is 3.92. The predicted molar refractivity (Wildman–Crippen MR) is 75.4 cm³/mol. The minimum Gasteiger partial charge on any atom is -0.376 e. The number of hydrogen-bond acceptors (Lipinski definition) is 4. The van der Waals surface area contributed by atoms with Gasteiger partial charge in [0.1, 0.15) is 0 Å². The van der Waals surface area contributed by atoms with Gasteiger partial charge < -0.3 is 13.3 Å². The second-order valence-corrected chi connectivity index (χ2v) is 5.11. The molecule has 0 aromatic heterocycles. The number of thiol groups is 1. The molecule has 100 valence electrons. The summed E-state index contributed by atoms with van der Waals surface area (Å²) < 4.78 is 15.7. The van der Waals surface area contributed by atoms with E-state index in [1.54, 1.807) is 0 Å². The molecule has 0 unspecified atom stereocenters. The topological polar surface area (TPSA) is 27.7 Å². The molecule has 0 N–H and O–H groups in total. The fraction of sp³-hybridized carbons (Fsp3) is 1.00. The van der Waals surface area contributed by atoms with Crippen molar-refractivity contribution in [2.45, 2.75) is 47.0 Å². The molecule has 0 fully saturated rings. The SMILES string of the molecule is CCCCCS.CCO[SiH](OCC)OCC. The summed E-state index contributed by atoms with van der Waals surface area (Å²) in [5.74, 6) is 1.05. The molecule has 0 saturated carbocycles. The zero-order valence-electron chi connectivity index (χ0n) is 11.2. The van der Waals surface area contributed by atoms with Crippen LogP contribution in [-0.2, 0) is 13.3 Å². The van der Waals surface area contributed by atoms with Crippen LogP contribution in [0, 0.1) is 0 Å². The first-order valence-corrected chi connectivity index (χ1v) is 8.26. The van der Waals surface area contributed by atoms with Crippen molar-refractivity contribution in [1.82, 2.24) is 0 Å². The molecular formula is C11H28O3SSi. The van der Waals surface area contributed by atoms with Gasteiger partial charge in [0.05, 0.1) is 0 Å². The van der Waals surface area contributed by atoms with Crippen LogP contribution in [0.2, 0.25) is 0 Å². The highest BCUT2D eigenvalue weighted by molar-refractivity contribution is 7.80. The highest BCUT2D eigenvalue weighted by Gasteiger charge is 2.11. The maximum absolute atomic E-state index is 5.22. The number of hydrogen-bond donors (Lipinski definition) is 1. The lowest BCUT2D eigenvalue weighted by Crippen LogP contribution is -2.27. The van der Waals surface area contributed by atoms with E-state index < -0.39 is 9.53 Å². The van der Waals surface area contributed by atoms with Gasteiger partial charge in [-0.25, -0.2) is 0 Å². The molecule has 0 spiro atoms. The summed E-state index contributed by atoms with van der Waals surface area (Å²) in [5.41, 5.74) is 0. The van der Waals surface area contributed by atoms with Gasteiger partial charge in [-0.1, -0.05) is 19.8 Å². The lowest BCUT2D eigenvalue weighted by atomic mass is 10.3. The Balaban J connectivity index is 0. The molecule has 0 aromatic rings. The molecule has 0 saturated heterocycles. The molecular weight excluding hydrogens is 240 g/mol. The third kappa shape index (κ3) is 16.9. The maximum Gasteiger partial charge on any atom is 0.484 e. The first kappa shape index (κ1) is 18.8. The first-order valence-electron chi connectivity index (χ1n) is 6.22. The van der Waals surface area contributed by atoms with E-state index in [1.807, 2.05) is 20.8 Å². The third-order valence-corrected chi connectivity index (χ3v) is 3.80. The molecule has 0 atom stereocenters. The van der Waals surface area contributed by atoms with Crippen LogP contribution in [0.15, 0.2) is 0 Å². The Morgan fingerprint density at radius 2 is 1.25 bits per heavy atom. The van der Waals surface area contributed by atoms with Crippen LogP contribution in [0.25, 0.3) is 0 Å². The van der Waals surface area contributed by atoms with Gasteiger partial charge in [0.25, 0.3) is 0 Å². The summed E-state index contributed by atoms with van der Waals surface area (Å²) in [5, 5.41) is 0. The average Bonchev–Trinajstić information content (AvgIpc) is 2.28. The Bertz CT molecular complexity index is 99.1. The second-order valence-electron chi connectivity index (χ2n) is 3.09. The monoisotopic (exact) mass is 268 g/mol. The van der Waals surface area contributed by atoms with Gasteiger partial charge >= 0.3 is 9.53 Å². The molecule has 0 radical (unpaired) electrons. The number of rotatable bonds is 9. The Hall–Kier alpha value is 0.447. The van der Waals surface area contributed by atoms with Crippen molar-refractivity contribution in [3.8, 4) is 0 Å². The van der Waals surface area contributed by atoms with Crippen LogP contribution in [0.1, 0.15) is 47.0 Å². The molecule has 0 aliphatic carbocycles. The van der Waals surface area contributed by atoms with Crippen LogP contribution in [0.3, 0.4) is 0 Å². The van der Waals surface area contributed by atoms with Crippen molar-refractivity contribution in [3.05, 3.63) is 0 Å². The van der Waals surface area contributed by atoms with Crippen LogP contribution in [-0.4, -0.2) is 35.1 Å². The lowest BCUT2D eigenvalue weighted by Gasteiger charge is -2.12. The Labute approximate surface area is 108 Å². The van der Waals surface area contributed by atoms with Gasteiger partial charge in [0.15, 0.2) is 0 Å². The van der Waals surface area contributed by atoms with Crippen molar-refractivity contribution in [1.29, 1.82) is 0 Å². The molecule has 5 heteroatoms. The molecule has 0 bridgehead atoms. The minimum absolute atomic E-state index is 0.677. The summed E-state index contributed by atoms with van der Waals surface area (Å²) in [4.78, 5) is 0. The lowest BCUT2D eigenvalue weighted by molar-refractivity contribution is 0.107. The molecule has 0 amide bonds. The molecule has 0 aliphatic heterocycles. The van der Waals surface area contributed by atoms with Crippen LogP contribution in [0.5, 0.6) is 0 Å². The van der Waals surface area contributed by atoms with E-state index in [-0.39, 0.29) is 0 Å². The highest BCUT2D eigenvalue weighted by atomic mass is 32.1. The van der Waals surface area contributed by atoms with E-state index in [4.69, 9.17) is 13.3 Å². The van der Waals surface area contributed by atoms with Gasteiger partial charge in [0.2, 0.25) is 0 Å². The van der Waals surface area contributed by atoms with Crippen molar-refractivity contribution in [3.63, 3.8) is 0 Å². The summed E-state index contributed by atoms with van der Waals surface area (Å²) in [7, 11) is -1.73. The van der Waals surface area contributed by atoms with Crippen molar-refractivity contribution in [2.24, 2.45) is 0 Å². The standard InChI is InChI=1S/C6H16O3Si.C5H12S/c1-4-7-10(8-5-2)9-6-3;1-2-3-4-5-6/h10H,4-6H2,1-3H3;6H,2-5H2,1H3. The first-order chi connectivity index (χ1) is 7.76. The van der Waals surface area contributed by atoms with E-state index in [1.165, 1.54) is 19.3 Å². The van der Waals surface area contributed by atoms with E-state index in [2.05, 4.69) is 19.6 Å². The molecule has 0 rings (SSSR count). The minimum atomic E-state index is -1.73. The summed E-state index contributed by atoms with van der Waals surface area (Å²) in [6.45, 7) is 10.1. The molecule has 16 heavy (non-hydrogen) atoms. The van der Waals surface area contributed by atoms with Crippen LogP contribution in [0.4, 0.5) is 0 Å². The summed E-state index contributed by atoms with van der Waals surface area (Å²) >= 11 is 4.05. The van der Waals surface area contributed by atoms with Gasteiger partial charge in [-0.2, -0.15) is 12.6 Å². The molecule has 0 aromatic carbocycles. The largest absolute Gasteiger partial charge is 0.484 e. The fourth-order valence-electron chi connectivity index (χ4n) is 0.914. The van der Waals surface area contributed by atoms with Gasteiger partial charge in [-0.3, -0.25) is 0 Å². The van der Waals surface area contributed by atoms with Crippen molar-refractivity contribution in [2.75, 3.05) is 25.6 Å². The molecule has 0 heterocycles. The third-order valence-electron chi connectivity index (χ3n) is 1.67. The van der Waals surface area contributed by atoms with Crippen LogP contribution < -0.4 is 0 Å². The van der Waals surface area contributed by atoms with Gasteiger partial charge in [0, 0.05) is 19.8 Å². The van der Waals surface area contributed by atoms with Crippen molar-refractivity contribution >= 4 is 22.2 Å². The fourth-order valence-corrected chi connectivity index (χ4v) is 2.24. The number of unbranched alkanes of at least 4 members (excludes halogenated alkanes) is 2. The normalized spacial score (nSPS) is 10.1. The Morgan fingerprint density at radius 3 is 1.44 bits per heavy atom. The van der Waals surface area contributed by atoms with Crippen molar-refractivity contribution < 1.29 is 13.3 Å². The second kappa shape index (κ2) is 17.8.